The molecule has 0 radical (unpaired) electrons. The van der Waals surface area contributed by atoms with Crippen LogP contribution in [-0.4, -0.2) is 34.9 Å². The van der Waals surface area contributed by atoms with Crippen LogP contribution >= 0.6 is 11.3 Å². The zero-order valence-corrected chi connectivity index (χ0v) is 15.2. The van der Waals surface area contributed by atoms with Gasteiger partial charge in [-0.1, -0.05) is 0 Å². The molecular formula is C17H16N4O4S. The summed E-state index contributed by atoms with van der Waals surface area (Å²) in [6, 6.07) is 8.13. The summed E-state index contributed by atoms with van der Waals surface area (Å²) in [5.41, 5.74) is 1.38. The number of rotatable bonds is 5. The highest BCUT2D eigenvalue weighted by atomic mass is 32.1. The predicted molar refractivity (Wildman–Crippen MR) is 98.1 cm³/mol. The molecule has 0 atom stereocenters. The van der Waals surface area contributed by atoms with Crippen molar-refractivity contribution in [3.05, 3.63) is 51.8 Å². The van der Waals surface area contributed by atoms with Gasteiger partial charge in [-0.2, -0.15) is 5.10 Å². The van der Waals surface area contributed by atoms with Crippen LogP contribution in [0.25, 0.3) is 11.3 Å². The minimum absolute atomic E-state index is 0.134. The number of anilines is 1. The van der Waals surface area contributed by atoms with E-state index in [0.29, 0.717) is 22.3 Å². The largest absolute Gasteiger partial charge is 0.493 e. The van der Waals surface area contributed by atoms with Crippen molar-refractivity contribution in [3.63, 3.8) is 0 Å². The van der Waals surface area contributed by atoms with Crippen LogP contribution in [0, 0.1) is 0 Å². The normalized spacial score (nSPS) is 10.4. The summed E-state index contributed by atoms with van der Waals surface area (Å²) in [6.45, 7) is 0. The Hall–Kier alpha value is -3.20. The fourth-order valence-corrected chi connectivity index (χ4v) is 2.96. The second-order valence-corrected chi connectivity index (χ2v) is 6.10. The Morgan fingerprint density at radius 3 is 2.62 bits per heavy atom. The van der Waals surface area contributed by atoms with E-state index in [2.05, 4.69) is 15.4 Å². The standard InChI is InChI=1S/C17H16N4O4S/c1-21-15(22)7-5-11(20-21)16(23)19-17-18-12(9-26-17)10-4-6-13(24-2)14(8-10)25-3/h4-9H,1-3H3,(H,18,19,23). The molecule has 26 heavy (non-hydrogen) atoms. The highest BCUT2D eigenvalue weighted by molar-refractivity contribution is 7.14. The molecule has 1 N–H and O–H groups in total. The lowest BCUT2D eigenvalue weighted by atomic mass is 10.1. The molecule has 0 saturated carbocycles. The SMILES string of the molecule is COc1ccc(-c2csc(NC(=O)c3ccc(=O)n(C)n3)n2)cc1OC. The average Bonchev–Trinajstić information content (AvgIpc) is 3.11. The lowest BCUT2D eigenvalue weighted by Gasteiger charge is -2.08. The molecule has 0 spiro atoms. The number of nitrogens with one attached hydrogen (secondary N) is 1. The summed E-state index contributed by atoms with van der Waals surface area (Å²) in [7, 11) is 4.62. The quantitative estimate of drug-likeness (QED) is 0.737. The Kier molecular flexibility index (Phi) is 4.99. The van der Waals surface area contributed by atoms with Crippen LogP contribution in [0.2, 0.25) is 0 Å². The summed E-state index contributed by atoms with van der Waals surface area (Å²) in [5.74, 6) is 0.785. The highest BCUT2D eigenvalue weighted by Gasteiger charge is 2.13. The number of thiazole rings is 1. The maximum Gasteiger partial charge on any atom is 0.277 e. The van der Waals surface area contributed by atoms with Gasteiger partial charge in [0.05, 0.1) is 19.9 Å². The summed E-state index contributed by atoms with van der Waals surface area (Å²) >= 11 is 1.29. The Labute approximate surface area is 153 Å². The van der Waals surface area contributed by atoms with Crippen molar-refractivity contribution in [3.8, 4) is 22.8 Å². The van der Waals surface area contributed by atoms with Gasteiger partial charge in [0.25, 0.3) is 11.5 Å². The van der Waals surface area contributed by atoms with Crippen molar-refractivity contribution in [2.75, 3.05) is 19.5 Å². The topological polar surface area (TPSA) is 95.3 Å². The van der Waals surface area contributed by atoms with Gasteiger partial charge in [-0.15, -0.1) is 11.3 Å². The third-order valence-corrected chi connectivity index (χ3v) is 4.35. The Bertz CT molecular complexity index is 1010. The lowest BCUT2D eigenvalue weighted by Crippen LogP contribution is -2.23. The zero-order chi connectivity index (χ0) is 18.7. The monoisotopic (exact) mass is 372 g/mol. The van der Waals surface area contributed by atoms with Crippen LogP contribution in [0.1, 0.15) is 10.5 Å². The molecule has 0 aliphatic rings. The van der Waals surface area contributed by atoms with Gasteiger partial charge in [0.2, 0.25) is 0 Å². The molecule has 2 heterocycles. The van der Waals surface area contributed by atoms with Gasteiger partial charge >= 0.3 is 0 Å². The van der Waals surface area contributed by atoms with Gasteiger partial charge in [-0.25, -0.2) is 9.67 Å². The Morgan fingerprint density at radius 2 is 1.92 bits per heavy atom. The van der Waals surface area contributed by atoms with E-state index in [9.17, 15) is 9.59 Å². The molecule has 0 saturated heterocycles. The zero-order valence-electron chi connectivity index (χ0n) is 14.3. The number of hydrogen-bond acceptors (Lipinski definition) is 7. The van der Waals surface area contributed by atoms with Crippen molar-refractivity contribution in [1.29, 1.82) is 0 Å². The fraction of sp³-hybridized carbons (Fsp3) is 0.176. The molecule has 0 bridgehead atoms. The number of benzene rings is 1. The van der Waals surface area contributed by atoms with Crippen LogP contribution in [0.5, 0.6) is 11.5 Å². The first-order valence-electron chi connectivity index (χ1n) is 7.55. The second-order valence-electron chi connectivity index (χ2n) is 5.24. The van der Waals surface area contributed by atoms with E-state index in [0.717, 1.165) is 10.2 Å². The first-order chi connectivity index (χ1) is 12.5. The van der Waals surface area contributed by atoms with Crippen molar-refractivity contribution in [2.24, 2.45) is 7.05 Å². The molecule has 0 aliphatic carbocycles. The van der Waals surface area contributed by atoms with E-state index in [-0.39, 0.29) is 11.3 Å². The number of hydrogen-bond donors (Lipinski definition) is 1. The first-order valence-corrected chi connectivity index (χ1v) is 8.43. The third-order valence-electron chi connectivity index (χ3n) is 3.60. The summed E-state index contributed by atoms with van der Waals surface area (Å²) in [5, 5.41) is 8.85. The molecule has 0 aliphatic heterocycles. The summed E-state index contributed by atoms with van der Waals surface area (Å²) in [4.78, 5) is 28.0. The predicted octanol–water partition coefficient (Wildman–Crippen LogP) is 2.17. The Balaban J connectivity index is 1.80. The fourth-order valence-electron chi connectivity index (χ4n) is 2.24. The molecule has 0 fully saturated rings. The lowest BCUT2D eigenvalue weighted by molar-refractivity contribution is 0.102. The number of aryl methyl sites for hydroxylation is 1. The molecule has 134 valence electrons. The number of amides is 1. The first kappa shape index (κ1) is 17.6. The van der Waals surface area contributed by atoms with Gasteiger partial charge in [0.15, 0.2) is 16.6 Å². The van der Waals surface area contributed by atoms with Gasteiger partial charge in [-0.05, 0) is 24.3 Å². The van der Waals surface area contributed by atoms with E-state index in [1.165, 1.54) is 30.5 Å². The highest BCUT2D eigenvalue weighted by Crippen LogP contribution is 2.33. The van der Waals surface area contributed by atoms with Gasteiger partial charge < -0.3 is 9.47 Å². The smallest absolute Gasteiger partial charge is 0.277 e. The molecule has 1 aromatic carbocycles. The van der Waals surface area contributed by atoms with E-state index >= 15 is 0 Å². The maximum atomic E-state index is 12.2. The maximum absolute atomic E-state index is 12.2. The number of methoxy groups -OCH3 is 2. The molecular weight excluding hydrogens is 356 g/mol. The molecule has 3 aromatic rings. The molecule has 2 aromatic heterocycles. The van der Waals surface area contributed by atoms with Crippen molar-refractivity contribution >= 4 is 22.4 Å². The average molecular weight is 372 g/mol. The van der Waals surface area contributed by atoms with Gasteiger partial charge in [-0.3, -0.25) is 14.9 Å². The van der Waals surface area contributed by atoms with E-state index < -0.39 is 5.91 Å². The summed E-state index contributed by atoms with van der Waals surface area (Å²) < 4.78 is 11.6. The molecule has 3 rings (SSSR count). The Morgan fingerprint density at radius 1 is 1.15 bits per heavy atom. The minimum atomic E-state index is -0.436. The van der Waals surface area contributed by atoms with Crippen molar-refractivity contribution < 1.29 is 14.3 Å². The van der Waals surface area contributed by atoms with E-state index in [4.69, 9.17) is 9.47 Å². The van der Waals surface area contributed by atoms with Gasteiger partial charge in [0.1, 0.15) is 5.69 Å². The van der Waals surface area contributed by atoms with Crippen LogP contribution in [0.15, 0.2) is 40.5 Å². The number of carbonyl (C=O) groups is 1. The second kappa shape index (κ2) is 7.36. The minimum Gasteiger partial charge on any atom is -0.493 e. The van der Waals surface area contributed by atoms with Crippen LogP contribution in [0.4, 0.5) is 5.13 Å². The summed E-state index contributed by atoms with van der Waals surface area (Å²) in [6.07, 6.45) is 0. The van der Waals surface area contributed by atoms with Crippen molar-refractivity contribution in [1.82, 2.24) is 14.8 Å². The van der Waals surface area contributed by atoms with Crippen LogP contribution < -0.4 is 20.3 Å². The van der Waals surface area contributed by atoms with Crippen molar-refractivity contribution in [2.45, 2.75) is 0 Å². The molecule has 0 unspecified atom stereocenters. The number of ether oxygens (including phenoxy) is 2. The molecule has 9 heteroatoms. The van der Waals surface area contributed by atoms with Crippen LogP contribution in [-0.2, 0) is 7.05 Å². The third kappa shape index (κ3) is 3.57. The number of nitrogens with zero attached hydrogens (tertiary/aromatic N) is 3. The number of aromatic nitrogens is 3. The molecule has 1 amide bonds. The van der Waals surface area contributed by atoms with E-state index in [1.807, 2.05) is 17.5 Å². The molecule has 8 nitrogen and oxygen atoms in total. The number of carbonyl (C=O) groups excluding carboxylic acids is 1. The van der Waals surface area contributed by atoms with Gasteiger partial charge in [0, 0.05) is 24.1 Å². The van der Waals surface area contributed by atoms with E-state index in [1.54, 1.807) is 20.3 Å². The van der Waals surface area contributed by atoms with Crippen LogP contribution in [0.3, 0.4) is 0 Å².